The van der Waals surface area contributed by atoms with Crippen LogP contribution in [0, 0.1) is 5.92 Å². The molecule has 1 saturated heterocycles. The molecule has 3 heteroatoms. The second-order valence-electron chi connectivity index (χ2n) is 5.28. The smallest absolute Gasteiger partial charge is 0.0906 e. The monoisotopic (exact) mass is 230 g/mol. The molecule has 1 heterocycles. The van der Waals surface area contributed by atoms with E-state index < -0.39 is 0 Å². The van der Waals surface area contributed by atoms with Crippen LogP contribution in [0.15, 0.2) is 0 Å². The normalized spacial score (nSPS) is 22.9. The Bertz CT molecular complexity index is 173. The minimum atomic E-state index is -0.178. The van der Waals surface area contributed by atoms with Crippen LogP contribution < -0.4 is 5.32 Å². The van der Waals surface area contributed by atoms with Crippen LogP contribution in [0.4, 0.5) is 4.39 Å². The SMILES string of the molecule is CC(C)CNCC1CCCCN1CCCF. The van der Waals surface area contributed by atoms with E-state index in [9.17, 15) is 4.39 Å². The van der Waals surface area contributed by atoms with Crippen molar-refractivity contribution in [2.45, 2.75) is 45.6 Å². The van der Waals surface area contributed by atoms with Gasteiger partial charge in [-0.3, -0.25) is 9.29 Å². The fourth-order valence-electron chi connectivity index (χ4n) is 2.39. The summed E-state index contributed by atoms with van der Waals surface area (Å²) in [6, 6.07) is 0.638. The second-order valence-corrected chi connectivity index (χ2v) is 5.28. The molecule has 1 aliphatic heterocycles. The van der Waals surface area contributed by atoms with Crippen molar-refractivity contribution in [2.24, 2.45) is 5.92 Å². The molecule has 0 aromatic carbocycles. The predicted octanol–water partition coefficient (Wildman–Crippen LogP) is 2.45. The van der Waals surface area contributed by atoms with Gasteiger partial charge in [0.15, 0.2) is 0 Å². The van der Waals surface area contributed by atoms with Gasteiger partial charge in [-0.05, 0) is 38.3 Å². The van der Waals surface area contributed by atoms with Gasteiger partial charge in [-0.15, -0.1) is 0 Å². The van der Waals surface area contributed by atoms with Gasteiger partial charge in [0.1, 0.15) is 0 Å². The number of hydrogen-bond acceptors (Lipinski definition) is 2. The zero-order valence-electron chi connectivity index (χ0n) is 10.8. The van der Waals surface area contributed by atoms with Crippen LogP contribution >= 0.6 is 0 Å². The minimum absolute atomic E-state index is 0.178. The fraction of sp³-hybridized carbons (Fsp3) is 1.00. The first-order valence-corrected chi connectivity index (χ1v) is 6.74. The number of rotatable bonds is 7. The van der Waals surface area contributed by atoms with Gasteiger partial charge in [-0.2, -0.15) is 0 Å². The van der Waals surface area contributed by atoms with Crippen molar-refractivity contribution in [1.29, 1.82) is 0 Å². The van der Waals surface area contributed by atoms with Crippen molar-refractivity contribution in [3.8, 4) is 0 Å². The predicted molar refractivity (Wildman–Crippen MR) is 67.5 cm³/mol. The van der Waals surface area contributed by atoms with Crippen LogP contribution in [0.5, 0.6) is 0 Å². The molecule has 0 aromatic heterocycles. The maximum absolute atomic E-state index is 12.2. The maximum atomic E-state index is 12.2. The summed E-state index contributed by atoms with van der Waals surface area (Å²) in [5.41, 5.74) is 0. The fourth-order valence-corrected chi connectivity index (χ4v) is 2.39. The molecule has 1 aliphatic rings. The quantitative estimate of drug-likeness (QED) is 0.722. The average Bonchev–Trinajstić information content (AvgIpc) is 2.27. The van der Waals surface area contributed by atoms with E-state index >= 15 is 0 Å². The van der Waals surface area contributed by atoms with E-state index in [1.54, 1.807) is 0 Å². The molecule has 16 heavy (non-hydrogen) atoms. The standard InChI is InChI=1S/C13H27FN2/c1-12(2)10-15-11-13-6-3-4-8-16(13)9-5-7-14/h12-13,15H,3-11H2,1-2H3. The van der Waals surface area contributed by atoms with Gasteiger partial charge in [0.25, 0.3) is 0 Å². The number of nitrogens with zero attached hydrogens (tertiary/aromatic N) is 1. The van der Waals surface area contributed by atoms with Crippen molar-refractivity contribution in [1.82, 2.24) is 10.2 Å². The third-order valence-corrected chi connectivity index (χ3v) is 3.26. The molecule has 0 amide bonds. The molecule has 1 unspecified atom stereocenters. The summed E-state index contributed by atoms with van der Waals surface area (Å²) in [4.78, 5) is 2.47. The van der Waals surface area contributed by atoms with E-state index in [1.165, 1.54) is 19.3 Å². The Morgan fingerprint density at radius 2 is 2.19 bits per heavy atom. The van der Waals surface area contributed by atoms with E-state index in [0.717, 1.165) is 26.2 Å². The summed E-state index contributed by atoms with van der Waals surface area (Å²) >= 11 is 0. The Morgan fingerprint density at radius 1 is 1.38 bits per heavy atom. The highest BCUT2D eigenvalue weighted by molar-refractivity contribution is 4.78. The zero-order chi connectivity index (χ0) is 11.8. The number of hydrogen-bond donors (Lipinski definition) is 1. The lowest BCUT2D eigenvalue weighted by Gasteiger charge is -2.36. The third-order valence-electron chi connectivity index (χ3n) is 3.26. The zero-order valence-corrected chi connectivity index (χ0v) is 10.8. The molecular formula is C13H27FN2. The molecule has 0 aliphatic carbocycles. The van der Waals surface area contributed by atoms with Crippen LogP contribution in [0.2, 0.25) is 0 Å². The van der Waals surface area contributed by atoms with Crippen LogP contribution in [0.1, 0.15) is 39.5 Å². The van der Waals surface area contributed by atoms with Crippen LogP contribution in [-0.2, 0) is 0 Å². The maximum Gasteiger partial charge on any atom is 0.0906 e. The van der Waals surface area contributed by atoms with E-state index in [-0.39, 0.29) is 6.67 Å². The number of piperidine rings is 1. The van der Waals surface area contributed by atoms with Crippen molar-refractivity contribution in [2.75, 3.05) is 32.9 Å². The summed E-state index contributed by atoms with van der Waals surface area (Å²) in [6.45, 7) is 8.54. The summed E-state index contributed by atoms with van der Waals surface area (Å²) in [6.07, 6.45) is 4.59. The second kappa shape index (κ2) is 8.02. The summed E-state index contributed by atoms with van der Waals surface area (Å²) < 4.78 is 12.2. The van der Waals surface area contributed by atoms with Gasteiger partial charge < -0.3 is 5.32 Å². The molecule has 1 fully saturated rings. The van der Waals surface area contributed by atoms with Crippen molar-refractivity contribution in [3.05, 3.63) is 0 Å². The Morgan fingerprint density at radius 3 is 2.88 bits per heavy atom. The van der Waals surface area contributed by atoms with E-state index in [0.29, 0.717) is 18.4 Å². The van der Waals surface area contributed by atoms with E-state index in [2.05, 4.69) is 24.1 Å². The summed E-state index contributed by atoms with van der Waals surface area (Å²) in [7, 11) is 0. The van der Waals surface area contributed by atoms with E-state index in [1.807, 2.05) is 0 Å². The minimum Gasteiger partial charge on any atom is -0.315 e. The average molecular weight is 230 g/mol. The van der Waals surface area contributed by atoms with E-state index in [4.69, 9.17) is 0 Å². The largest absolute Gasteiger partial charge is 0.315 e. The Balaban J connectivity index is 2.23. The first-order valence-electron chi connectivity index (χ1n) is 6.74. The molecule has 0 spiro atoms. The molecule has 1 N–H and O–H groups in total. The van der Waals surface area contributed by atoms with Gasteiger partial charge in [-0.25, -0.2) is 0 Å². The highest BCUT2D eigenvalue weighted by atomic mass is 19.1. The topological polar surface area (TPSA) is 15.3 Å². The number of likely N-dealkylation sites (tertiary alicyclic amines) is 1. The first-order chi connectivity index (χ1) is 7.74. The molecule has 0 radical (unpaired) electrons. The lowest BCUT2D eigenvalue weighted by Crippen LogP contribution is -2.46. The molecule has 1 rings (SSSR count). The molecular weight excluding hydrogens is 203 g/mol. The lowest BCUT2D eigenvalue weighted by molar-refractivity contribution is 0.139. The first kappa shape index (κ1) is 13.9. The number of alkyl halides is 1. The molecule has 0 bridgehead atoms. The van der Waals surface area contributed by atoms with Gasteiger partial charge in [0, 0.05) is 19.1 Å². The lowest BCUT2D eigenvalue weighted by atomic mass is 10.0. The van der Waals surface area contributed by atoms with Crippen LogP contribution in [-0.4, -0.2) is 43.8 Å². The third kappa shape index (κ3) is 5.26. The van der Waals surface area contributed by atoms with Crippen LogP contribution in [0.25, 0.3) is 0 Å². The van der Waals surface area contributed by atoms with Gasteiger partial charge in [0.05, 0.1) is 6.67 Å². The van der Waals surface area contributed by atoms with Crippen LogP contribution in [0.3, 0.4) is 0 Å². The molecule has 96 valence electrons. The Labute approximate surface area is 99.6 Å². The van der Waals surface area contributed by atoms with Gasteiger partial charge in [0.2, 0.25) is 0 Å². The summed E-state index contributed by atoms with van der Waals surface area (Å²) in [5.74, 6) is 0.711. The number of halogens is 1. The molecule has 2 nitrogen and oxygen atoms in total. The highest BCUT2D eigenvalue weighted by Gasteiger charge is 2.21. The summed E-state index contributed by atoms with van der Waals surface area (Å²) in [5, 5.41) is 3.53. The van der Waals surface area contributed by atoms with Crippen molar-refractivity contribution >= 4 is 0 Å². The molecule has 0 aromatic rings. The van der Waals surface area contributed by atoms with Crippen molar-refractivity contribution in [3.63, 3.8) is 0 Å². The molecule has 0 saturated carbocycles. The Hall–Kier alpha value is -0.150. The molecule has 1 atom stereocenters. The Kier molecular flexibility index (Phi) is 6.97. The van der Waals surface area contributed by atoms with Crippen molar-refractivity contribution < 1.29 is 4.39 Å². The van der Waals surface area contributed by atoms with Gasteiger partial charge in [-0.1, -0.05) is 20.3 Å². The highest BCUT2D eigenvalue weighted by Crippen LogP contribution is 2.16. The van der Waals surface area contributed by atoms with Gasteiger partial charge >= 0.3 is 0 Å². The number of nitrogens with one attached hydrogen (secondary N) is 1.